The summed E-state index contributed by atoms with van der Waals surface area (Å²) in [5, 5.41) is 22.8. The topological polar surface area (TPSA) is 129 Å². The Hall–Kier alpha value is -2.82. The summed E-state index contributed by atoms with van der Waals surface area (Å²) in [5.74, 6) is 3.40. The van der Waals surface area contributed by atoms with Gasteiger partial charge >= 0.3 is 0 Å². The van der Waals surface area contributed by atoms with Crippen LogP contribution in [0.15, 0.2) is 0 Å². The van der Waals surface area contributed by atoms with Gasteiger partial charge in [-0.2, -0.15) is 0 Å². The summed E-state index contributed by atoms with van der Waals surface area (Å²) in [6.45, 7) is 5.15. The predicted octanol–water partition coefficient (Wildman–Crippen LogP) is -0.427. The highest BCUT2D eigenvalue weighted by Crippen LogP contribution is 2.16. The highest BCUT2D eigenvalue weighted by atomic mass is 16.5. The molecular formula is C20H30N8O3. The number of nitrogens with one attached hydrogen (secondary N) is 2. The summed E-state index contributed by atoms with van der Waals surface area (Å²) >= 11 is 0. The van der Waals surface area contributed by atoms with Crippen molar-refractivity contribution in [2.75, 3.05) is 13.2 Å². The van der Waals surface area contributed by atoms with E-state index in [0.29, 0.717) is 13.1 Å². The minimum Gasteiger partial charge on any atom is -0.362 e. The summed E-state index contributed by atoms with van der Waals surface area (Å²) < 4.78 is 9.51. The molecule has 0 bridgehead atoms. The fraction of sp³-hybridized carbons (Fsp3) is 0.700. The first kappa shape index (κ1) is 21.4. The highest BCUT2D eigenvalue weighted by Gasteiger charge is 2.25. The van der Waals surface area contributed by atoms with Crippen LogP contribution < -0.4 is 10.6 Å². The predicted molar refractivity (Wildman–Crippen MR) is 110 cm³/mol. The standard InChI is InChI=1S/C20H30N8O3/c1-3-15-23-25-17-7-5-13(9-27(15)17)21-19(29)11-31-12-20(30)22-14-6-8-18-26-24-16(4-2)28(18)10-14/h13-14H,3-12H2,1-2H3,(H,21,29)(H,22,30). The van der Waals surface area contributed by atoms with Gasteiger partial charge in [0.25, 0.3) is 0 Å². The third-order valence-corrected chi connectivity index (χ3v) is 5.88. The molecule has 0 aromatic carbocycles. The Morgan fingerprint density at radius 1 is 0.839 bits per heavy atom. The van der Waals surface area contributed by atoms with Crippen molar-refractivity contribution in [2.45, 2.75) is 77.5 Å². The van der Waals surface area contributed by atoms with Gasteiger partial charge in [0.05, 0.1) is 0 Å². The molecular weight excluding hydrogens is 400 g/mol. The zero-order valence-corrected chi connectivity index (χ0v) is 18.1. The van der Waals surface area contributed by atoms with E-state index in [4.69, 9.17) is 4.74 Å². The minimum atomic E-state index is -0.216. The number of amides is 2. The Bertz CT molecular complexity index is 836. The van der Waals surface area contributed by atoms with E-state index in [2.05, 4.69) is 40.2 Å². The molecule has 0 spiro atoms. The molecule has 4 heterocycles. The van der Waals surface area contributed by atoms with Crippen molar-refractivity contribution in [3.8, 4) is 0 Å². The van der Waals surface area contributed by atoms with Gasteiger partial charge in [0.2, 0.25) is 11.8 Å². The maximum absolute atomic E-state index is 12.2. The second-order valence-electron chi connectivity index (χ2n) is 8.09. The van der Waals surface area contributed by atoms with Gasteiger partial charge in [-0.3, -0.25) is 9.59 Å². The average Bonchev–Trinajstić information content (AvgIpc) is 3.36. The third-order valence-electron chi connectivity index (χ3n) is 5.88. The molecule has 0 saturated heterocycles. The summed E-state index contributed by atoms with van der Waals surface area (Å²) in [4.78, 5) is 24.5. The van der Waals surface area contributed by atoms with E-state index in [-0.39, 0.29) is 37.1 Å². The minimum absolute atomic E-state index is 0.0201. The number of fused-ring (bicyclic) bond motifs is 2. The average molecular weight is 431 g/mol. The first-order chi connectivity index (χ1) is 15.1. The quantitative estimate of drug-likeness (QED) is 0.582. The van der Waals surface area contributed by atoms with Crippen LogP contribution in [-0.4, -0.2) is 66.6 Å². The van der Waals surface area contributed by atoms with E-state index in [1.807, 2.05) is 13.8 Å². The summed E-state index contributed by atoms with van der Waals surface area (Å²) in [6, 6.07) is 0.0402. The Morgan fingerprint density at radius 3 is 1.71 bits per heavy atom. The number of ether oxygens (including phenoxy) is 1. The fourth-order valence-corrected chi connectivity index (χ4v) is 4.30. The normalized spacial score (nSPS) is 20.1. The van der Waals surface area contributed by atoms with Crippen LogP contribution in [0.1, 0.15) is 50.0 Å². The lowest BCUT2D eigenvalue weighted by molar-refractivity contribution is -0.131. The van der Waals surface area contributed by atoms with Gasteiger partial charge in [-0.05, 0) is 12.8 Å². The van der Waals surface area contributed by atoms with Crippen molar-refractivity contribution in [3.63, 3.8) is 0 Å². The van der Waals surface area contributed by atoms with Crippen LogP contribution in [0, 0.1) is 0 Å². The molecule has 11 heteroatoms. The number of carbonyl (C=O) groups is 2. The molecule has 2 aliphatic rings. The van der Waals surface area contributed by atoms with E-state index < -0.39 is 0 Å². The van der Waals surface area contributed by atoms with Crippen molar-refractivity contribution >= 4 is 11.8 Å². The molecule has 2 amide bonds. The largest absolute Gasteiger partial charge is 0.362 e. The van der Waals surface area contributed by atoms with Crippen LogP contribution in [0.2, 0.25) is 0 Å². The number of aromatic nitrogens is 6. The second kappa shape index (κ2) is 9.54. The molecule has 4 rings (SSSR count). The molecule has 2 atom stereocenters. The molecule has 2 aromatic rings. The Labute approximate surface area is 181 Å². The molecule has 11 nitrogen and oxygen atoms in total. The Morgan fingerprint density at radius 2 is 1.29 bits per heavy atom. The molecule has 2 aromatic heterocycles. The van der Waals surface area contributed by atoms with Gasteiger partial charge in [-0.15, -0.1) is 20.4 Å². The lowest BCUT2D eigenvalue weighted by Crippen LogP contribution is -2.44. The highest BCUT2D eigenvalue weighted by molar-refractivity contribution is 5.79. The molecule has 2 aliphatic heterocycles. The molecule has 0 fully saturated rings. The van der Waals surface area contributed by atoms with Crippen LogP contribution in [0.3, 0.4) is 0 Å². The zero-order chi connectivity index (χ0) is 21.8. The Kier molecular flexibility index (Phi) is 6.59. The summed E-state index contributed by atoms with van der Waals surface area (Å²) in [5.41, 5.74) is 0. The maximum atomic E-state index is 12.2. The van der Waals surface area contributed by atoms with Gasteiger partial charge in [0.1, 0.15) is 36.5 Å². The van der Waals surface area contributed by atoms with Gasteiger partial charge in [0, 0.05) is 50.9 Å². The van der Waals surface area contributed by atoms with Gasteiger partial charge in [-0.25, -0.2) is 0 Å². The summed E-state index contributed by atoms with van der Waals surface area (Å²) in [7, 11) is 0. The van der Waals surface area contributed by atoms with E-state index in [0.717, 1.165) is 61.8 Å². The van der Waals surface area contributed by atoms with Crippen LogP contribution in [-0.2, 0) is 53.1 Å². The molecule has 0 radical (unpaired) electrons. The van der Waals surface area contributed by atoms with Crippen molar-refractivity contribution in [1.82, 2.24) is 40.2 Å². The number of aryl methyl sites for hydroxylation is 4. The molecule has 2 N–H and O–H groups in total. The SMILES string of the molecule is CCc1nnc2n1CC(NC(=O)COCC(=O)NC1CCc3nnc(CC)n3C1)CC2. The smallest absolute Gasteiger partial charge is 0.246 e. The maximum Gasteiger partial charge on any atom is 0.246 e. The van der Waals surface area contributed by atoms with Crippen molar-refractivity contribution in [3.05, 3.63) is 23.3 Å². The number of rotatable bonds is 8. The van der Waals surface area contributed by atoms with E-state index in [1.165, 1.54) is 0 Å². The van der Waals surface area contributed by atoms with Crippen molar-refractivity contribution in [2.24, 2.45) is 0 Å². The lowest BCUT2D eigenvalue weighted by Gasteiger charge is -2.25. The van der Waals surface area contributed by atoms with E-state index >= 15 is 0 Å². The summed E-state index contributed by atoms with van der Waals surface area (Å²) in [6.07, 6.45) is 4.84. The van der Waals surface area contributed by atoms with E-state index in [1.54, 1.807) is 0 Å². The van der Waals surface area contributed by atoms with Crippen LogP contribution >= 0.6 is 0 Å². The van der Waals surface area contributed by atoms with Gasteiger partial charge in [-0.1, -0.05) is 13.8 Å². The second-order valence-corrected chi connectivity index (χ2v) is 8.09. The third kappa shape index (κ3) is 4.92. The van der Waals surface area contributed by atoms with Gasteiger partial charge < -0.3 is 24.5 Å². The number of hydrogen-bond acceptors (Lipinski definition) is 7. The molecule has 0 saturated carbocycles. The number of hydrogen-bond donors (Lipinski definition) is 2. The molecule has 0 aliphatic carbocycles. The van der Waals surface area contributed by atoms with Gasteiger partial charge in [0.15, 0.2) is 0 Å². The van der Waals surface area contributed by atoms with Crippen LogP contribution in [0.4, 0.5) is 0 Å². The van der Waals surface area contributed by atoms with Crippen LogP contribution in [0.5, 0.6) is 0 Å². The van der Waals surface area contributed by atoms with Crippen LogP contribution in [0.25, 0.3) is 0 Å². The van der Waals surface area contributed by atoms with Crippen molar-refractivity contribution in [1.29, 1.82) is 0 Å². The lowest BCUT2D eigenvalue weighted by atomic mass is 10.1. The molecule has 31 heavy (non-hydrogen) atoms. The Balaban J connectivity index is 1.17. The molecule has 168 valence electrons. The number of carbonyl (C=O) groups excluding carboxylic acids is 2. The monoisotopic (exact) mass is 430 g/mol. The van der Waals surface area contributed by atoms with E-state index in [9.17, 15) is 9.59 Å². The zero-order valence-electron chi connectivity index (χ0n) is 18.1. The first-order valence-electron chi connectivity index (χ1n) is 11.1. The first-order valence-corrected chi connectivity index (χ1v) is 11.1. The van der Waals surface area contributed by atoms with Crippen molar-refractivity contribution < 1.29 is 14.3 Å². The number of nitrogens with zero attached hydrogens (tertiary/aromatic N) is 6. The fourth-order valence-electron chi connectivity index (χ4n) is 4.30. The molecule has 2 unspecified atom stereocenters.